The molecule has 1 N–H and O–H groups in total. The summed E-state index contributed by atoms with van der Waals surface area (Å²) in [6.45, 7) is 2.05. The Hall–Kier alpha value is -0.950. The van der Waals surface area contributed by atoms with Crippen molar-refractivity contribution in [3.63, 3.8) is 0 Å². The highest BCUT2D eigenvalue weighted by molar-refractivity contribution is 7.86. The molecule has 1 fully saturated rings. The lowest BCUT2D eigenvalue weighted by atomic mass is 10.2. The minimum Gasteiger partial charge on any atom is -0.391 e. The molecule has 1 aromatic carbocycles. The van der Waals surface area contributed by atoms with Gasteiger partial charge in [-0.3, -0.25) is 4.18 Å². The highest BCUT2D eigenvalue weighted by Gasteiger charge is 2.26. The highest BCUT2D eigenvalue weighted by Crippen LogP contribution is 2.17. The second-order valence-corrected chi connectivity index (χ2v) is 6.01. The summed E-state index contributed by atoms with van der Waals surface area (Å²) in [6, 6.07) is 6.45. The minimum atomic E-state index is -3.74. The van der Waals surface area contributed by atoms with Gasteiger partial charge in [0.25, 0.3) is 10.1 Å². The molecule has 0 aliphatic carbocycles. The van der Waals surface area contributed by atoms with E-state index >= 15 is 0 Å². The summed E-state index contributed by atoms with van der Waals surface area (Å²) >= 11 is 0. The van der Waals surface area contributed by atoms with E-state index in [2.05, 4.69) is 0 Å². The van der Waals surface area contributed by atoms with Crippen LogP contribution in [0, 0.1) is 6.92 Å². The van der Waals surface area contributed by atoms with Crippen molar-refractivity contribution in [2.75, 3.05) is 13.2 Å². The third-order valence-corrected chi connectivity index (χ3v) is 4.07. The summed E-state index contributed by atoms with van der Waals surface area (Å²) < 4.78 is 33.8. The Morgan fingerprint density at radius 3 is 2.61 bits per heavy atom. The molecule has 0 bridgehead atoms. The summed E-state index contributed by atoms with van der Waals surface area (Å²) in [4.78, 5) is 0.131. The smallest absolute Gasteiger partial charge is 0.297 e. The Kier molecular flexibility index (Phi) is 4.01. The standard InChI is InChI=1S/C12H16O5S/c1-9-2-4-12(5-3-9)18(14,15)17-8-11-6-10(13)7-16-11/h2-5,10-11,13H,6-8H2,1H3/t10-,11-/m1/s1. The van der Waals surface area contributed by atoms with Crippen LogP contribution in [-0.4, -0.2) is 38.9 Å². The quantitative estimate of drug-likeness (QED) is 0.823. The maximum Gasteiger partial charge on any atom is 0.297 e. The number of hydrogen-bond acceptors (Lipinski definition) is 5. The van der Waals surface area contributed by atoms with Gasteiger partial charge in [0.2, 0.25) is 0 Å². The van der Waals surface area contributed by atoms with E-state index in [9.17, 15) is 13.5 Å². The van der Waals surface area contributed by atoms with Gasteiger partial charge in [-0.25, -0.2) is 0 Å². The molecule has 0 spiro atoms. The van der Waals surface area contributed by atoms with Crippen LogP contribution in [0.4, 0.5) is 0 Å². The molecular formula is C12H16O5S. The number of aryl methyl sites for hydroxylation is 1. The molecule has 2 atom stereocenters. The van der Waals surface area contributed by atoms with Crippen molar-refractivity contribution in [3.05, 3.63) is 29.8 Å². The maximum absolute atomic E-state index is 11.8. The van der Waals surface area contributed by atoms with Gasteiger partial charge in [0.1, 0.15) is 0 Å². The normalized spacial score (nSPS) is 24.3. The number of aliphatic hydroxyl groups excluding tert-OH is 1. The Balaban J connectivity index is 1.97. The lowest BCUT2D eigenvalue weighted by molar-refractivity contribution is 0.0605. The fraction of sp³-hybridized carbons (Fsp3) is 0.500. The summed E-state index contributed by atoms with van der Waals surface area (Å²) in [5, 5.41) is 9.25. The Labute approximate surface area is 106 Å². The van der Waals surface area contributed by atoms with Crippen molar-refractivity contribution in [2.24, 2.45) is 0 Å². The number of aliphatic hydroxyl groups is 1. The molecule has 0 aromatic heterocycles. The van der Waals surface area contributed by atoms with E-state index in [1.54, 1.807) is 12.1 Å². The Morgan fingerprint density at radius 2 is 2.06 bits per heavy atom. The molecule has 1 heterocycles. The van der Waals surface area contributed by atoms with Crippen LogP contribution in [0.2, 0.25) is 0 Å². The molecule has 18 heavy (non-hydrogen) atoms. The van der Waals surface area contributed by atoms with Crippen molar-refractivity contribution in [3.8, 4) is 0 Å². The fourth-order valence-electron chi connectivity index (χ4n) is 1.74. The summed E-state index contributed by atoms with van der Waals surface area (Å²) in [6.07, 6.45) is -0.482. The van der Waals surface area contributed by atoms with Crippen LogP contribution >= 0.6 is 0 Å². The van der Waals surface area contributed by atoms with E-state index in [1.165, 1.54) is 12.1 Å². The molecule has 5 nitrogen and oxygen atoms in total. The van der Waals surface area contributed by atoms with Gasteiger partial charge in [0, 0.05) is 6.42 Å². The van der Waals surface area contributed by atoms with Gasteiger partial charge in [-0.05, 0) is 19.1 Å². The number of hydrogen-bond donors (Lipinski definition) is 1. The predicted molar refractivity (Wildman–Crippen MR) is 64.7 cm³/mol. The first-order valence-corrected chi connectivity index (χ1v) is 7.14. The molecule has 0 unspecified atom stereocenters. The van der Waals surface area contributed by atoms with Gasteiger partial charge in [0.05, 0.1) is 30.3 Å². The molecule has 1 aliphatic rings. The first-order valence-electron chi connectivity index (χ1n) is 5.73. The van der Waals surface area contributed by atoms with E-state index in [0.717, 1.165) is 5.56 Å². The van der Waals surface area contributed by atoms with Crippen LogP contribution in [0.15, 0.2) is 29.2 Å². The first-order chi connectivity index (χ1) is 8.47. The average Bonchev–Trinajstić information content (AvgIpc) is 2.73. The van der Waals surface area contributed by atoms with Crippen molar-refractivity contribution in [1.29, 1.82) is 0 Å². The van der Waals surface area contributed by atoms with Crippen molar-refractivity contribution in [2.45, 2.75) is 30.4 Å². The number of benzene rings is 1. The highest BCUT2D eigenvalue weighted by atomic mass is 32.2. The van der Waals surface area contributed by atoms with Crippen molar-refractivity contribution < 1.29 is 22.4 Å². The Bertz CT molecular complexity index is 494. The molecule has 1 aromatic rings. The van der Waals surface area contributed by atoms with Crippen LogP contribution in [0.1, 0.15) is 12.0 Å². The van der Waals surface area contributed by atoms with Gasteiger partial charge >= 0.3 is 0 Å². The molecule has 100 valence electrons. The maximum atomic E-state index is 11.8. The van der Waals surface area contributed by atoms with E-state index in [-0.39, 0.29) is 24.2 Å². The second-order valence-electron chi connectivity index (χ2n) is 4.40. The molecule has 0 amide bonds. The fourth-order valence-corrected chi connectivity index (χ4v) is 2.68. The average molecular weight is 272 g/mol. The van der Waals surface area contributed by atoms with Gasteiger partial charge < -0.3 is 9.84 Å². The molecule has 6 heteroatoms. The zero-order valence-electron chi connectivity index (χ0n) is 10.1. The second kappa shape index (κ2) is 5.36. The van der Waals surface area contributed by atoms with Gasteiger partial charge in [0.15, 0.2) is 0 Å². The molecular weight excluding hydrogens is 256 g/mol. The lowest BCUT2D eigenvalue weighted by Crippen LogP contribution is -2.18. The number of ether oxygens (including phenoxy) is 1. The van der Waals surface area contributed by atoms with E-state index in [0.29, 0.717) is 6.42 Å². The van der Waals surface area contributed by atoms with Gasteiger partial charge in [-0.15, -0.1) is 0 Å². The molecule has 2 rings (SSSR count). The largest absolute Gasteiger partial charge is 0.391 e. The van der Waals surface area contributed by atoms with Crippen LogP contribution in [0.25, 0.3) is 0 Å². The van der Waals surface area contributed by atoms with Crippen LogP contribution in [0.3, 0.4) is 0 Å². The lowest BCUT2D eigenvalue weighted by Gasteiger charge is -2.10. The Morgan fingerprint density at radius 1 is 1.39 bits per heavy atom. The first kappa shape index (κ1) is 13.5. The summed E-state index contributed by atoms with van der Waals surface area (Å²) in [7, 11) is -3.74. The van der Waals surface area contributed by atoms with Crippen molar-refractivity contribution in [1.82, 2.24) is 0 Å². The SMILES string of the molecule is Cc1ccc(S(=O)(=O)OC[C@H]2C[C@@H](O)CO2)cc1. The molecule has 0 saturated carbocycles. The van der Waals surface area contributed by atoms with E-state index < -0.39 is 16.2 Å². The monoisotopic (exact) mass is 272 g/mol. The van der Waals surface area contributed by atoms with Crippen molar-refractivity contribution >= 4 is 10.1 Å². The van der Waals surface area contributed by atoms with E-state index in [1.807, 2.05) is 6.92 Å². The minimum absolute atomic E-state index is 0.0622. The molecule has 1 aliphatic heterocycles. The zero-order valence-corrected chi connectivity index (χ0v) is 10.9. The molecule has 0 radical (unpaired) electrons. The van der Waals surface area contributed by atoms with Crippen LogP contribution < -0.4 is 0 Å². The summed E-state index contributed by atoms with van der Waals surface area (Å²) in [5.41, 5.74) is 0.983. The summed E-state index contributed by atoms with van der Waals surface area (Å²) in [5.74, 6) is 0. The van der Waals surface area contributed by atoms with Gasteiger partial charge in [-0.1, -0.05) is 17.7 Å². The van der Waals surface area contributed by atoms with Crippen LogP contribution in [0.5, 0.6) is 0 Å². The van der Waals surface area contributed by atoms with Crippen LogP contribution in [-0.2, 0) is 19.0 Å². The predicted octanol–water partition coefficient (Wildman–Crippen LogP) is 0.850. The molecule has 1 saturated heterocycles. The topological polar surface area (TPSA) is 72.8 Å². The number of rotatable bonds is 4. The zero-order chi connectivity index (χ0) is 13.2. The van der Waals surface area contributed by atoms with E-state index in [4.69, 9.17) is 8.92 Å². The third-order valence-electron chi connectivity index (χ3n) is 2.78. The third kappa shape index (κ3) is 3.29. The van der Waals surface area contributed by atoms with Gasteiger partial charge in [-0.2, -0.15) is 8.42 Å².